The molecule has 1 atom stereocenters. The van der Waals surface area contributed by atoms with E-state index in [1.165, 1.54) is 12.1 Å². The van der Waals surface area contributed by atoms with Crippen molar-refractivity contribution < 1.29 is 14.2 Å². The molecule has 0 fully saturated rings. The first-order chi connectivity index (χ1) is 7.17. The standard InChI is InChI=1S/C10H9ClFNO2/c11-8-1-2-10(7(3-8)4-13)15-6-9(12)5-14/h1-3,9,14H,5-6H2/t9-/m0/s1. The summed E-state index contributed by atoms with van der Waals surface area (Å²) in [7, 11) is 0. The van der Waals surface area contributed by atoms with Crippen molar-refractivity contribution >= 4 is 11.6 Å². The van der Waals surface area contributed by atoms with E-state index >= 15 is 0 Å². The molecule has 0 saturated carbocycles. The lowest BCUT2D eigenvalue weighted by Crippen LogP contribution is -2.17. The van der Waals surface area contributed by atoms with Crippen LogP contribution in [0.15, 0.2) is 18.2 Å². The Labute approximate surface area is 91.7 Å². The molecule has 0 spiro atoms. The van der Waals surface area contributed by atoms with Crippen molar-refractivity contribution in [2.45, 2.75) is 6.17 Å². The molecule has 0 aliphatic carbocycles. The average Bonchev–Trinajstić information content (AvgIpc) is 2.26. The maximum Gasteiger partial charge on any atom is 0.157 e. The summed E-state index contributed by atoms with van der Waals surface area (Å²) in [6, 6.07) is 6.35. The topological polar surface area (TPSA) is 53.2 Å². The van der Waals surface area contributed by atoms with Crippen LogP contribution in [-0.4, -0.2) is 24.5 Å². The zero-order valence-corrected chi connectivity index (χ0v) is 8.54. The van der Waals surface area contributed by atoms with Gasteiger partial charge < -0.3 is 9.84 Å². The fraction of sp³-hybridized carbons (Fsp3) is 0.300. The predicted molar refractivity (Wildman–Crippen MR) is 53.6 cm³/mol. The van der Waals surface area contributed by atoms with Gasteiger partial charge in [0.15, 0.2) is 6.17 Å². The molecule has 1 aromatic rings. The van der Waals surface area contributed by atoms with E-state index in [0.717, 1.165) is 0 Å². The molecule has 0 saturated heterocycles. The van der Waals surface area contributed by atoms with Crippen LogP contribution >= 0.6 is 11.6 Å². The Kier molecular flexibility index (Phi) is 4.35. The summed E-state index contributed by atoms with van der Waals surface area (Å²) in [5, 5.41) is 17.6. The van der Waals surface area contributed by atoms with E-state index in [2.05, 4.69) is 0 Å². The van der Waals surface area contributed by atoms with Crippen LogP contribution < -0.4 is 4.74 Å². The van der Waals surface area contributed by atoms with Gasteiger partial charge in [-0.05, 0) is 18.2 Å². The molecule has 0 radical (unpaired) electrons. The Bertz CT molecular complexity index is 378. The number of ether oxygens (including phenoxy) is 1. The van der Waals surface area contributed by atoms with Crippen LogP contribution in [0.5, 0.6) is 5.75 Å². The average molecular weight is 230 g/mol. The first kappa shape index (κ1) is 11.8. The first-order valence-electron chi connectivity index (χ1n) is 4.24. The number of alkyl halides is 1. The molecule has 0 bridgehead atoms. The monoisotopic (exact) mass is 229 g/mol. The third-order valence-corrected chi connectivity index (χ3v) is 1.91. The number of benzene rings is 1. The van der Waals surface area contributed by atoms with Crippen LogP contribution in [-0.2, 0) is 0 Å². The van der Waals surface area contributed by atoms with Gasteiger partial charge in [0.05, 0.1) is 12.2 Å². The summed E-state index contributed by atoms with van der Waals surface area (Å²) >= 11 is 5.66. The number of hydrogen-bond donors (Lipinski definition) is 1. The van der Waals surface area contributed by atoms with E-state index in [1.807, 2.05) is 6.07 Å². The zero-order valence-electron chi connectivity index (χ0n) is 7.78. The molecule has 0 heterocycles. The Morgan fingerprint density at radius 3 is 2.93 bits per heavy atom. The number of aliphatic hydroxyl groups excluding tert-OH is 1. The minimum atomic E-state index is -1.45. The van der Waals surface area contributed by atoms with Gasteiger partial charge in [-0.15, -0.1) is 0 Å². The van der Waals surface area contributed by atoms with Crippen molar-refractivity contribution in [2.75, 3.05) is 13.2 Å². The molecule has 3 nitrogen and oxygen atoms in total. The molecule has 1 aromatic carbocycles. The summed E-state index contributed by atoms with van der Waals surface area (Å²) in [5.74, 6) is 0.262. The molecular weight excluding hydrogens is 221 g/mol. The maximum atomic E-state index is 12.6. The Balaban J connectivity index is 2.73. The summed E-state index contributed by atoms with van der Waals surface area (Å²) in [5.41, 5.74) is 0.243. The molecule has 0 aromatic heterocycles. The third kappa shape index (κ3) is 3.39. The van der Waals surface area contributed by atoms with Gasteiger partial charge in [-0.3, -0.25) is 0 Å². The van der Waals surface area contributed by atoms with Crippen LogP contribution in [0.2, 0.25) is 5.02 Å². The molecule has 1 rings (SSSR count). The lowest BCUT2D eigenvalue weighted by atomic mass is 10.2. The highest BCUT2D eigenvalue weighted by atomic mass is 35.5. The molecule has 0 unspecified atom stereocenters. The molecule has 5 heteroatoms. The van der Waals surface area contributed by atoms with Gasteiger partial charge >= 0.3 is 0 Å². The van der Waals surface area contributed by atoms with Crippen molar-refractivity contribution in [3.63, 3.8) is 0 Å². The fourth-order valence-electron chi connectivity index (χ4n) is 0.948. The third-order valence-electron chi connectivity index (χ3n) is 1.68. The minimum Gasteiger partial charge on any atom is -0.489 e. The number of aliphatic hydroxyl groups is 1. The molecular formula is C10H9ClFNO2. The molecule has 80 valence electrons. The van der Waals surface area contributed by atoms with Crippen LogP contribution in [0.3, 0.4) is 0 Å². The van der Waals surface area contributed by atoms with E-state index in [4.69, 9.17) is 26.7 Å². The number of nitriles is 1. The van der Waals surface area contributed by atoms with E-state index in [1.54, 1.807) is 6.07 Å². The van der Waals surface area contributed by atoms with Crippen LogP contribution in [0, 0.1) is 11.3 Å². The van der Waals surface area contributed by atoms with Gasteiger partial charge in [0.1, 0.15) is 18.4 Å². The lowest BCUT2D eigenvalue weighted by molar-refractivity contribution is 0.123. The van der Waals surface area contributed by atoms with E-state index in [0.29, 0.717) is 5.02 Å². The lowest BCUT2D eigenvalue weighted by Gasteiger charge is -2.09. The Hall–Kier alpha value is -1.31. The van der Waals surface area contributed by atoms with E-state index < -0.39 is 12.8 Å². The van der Waals surface area contributed by atoms with Crippen molar-refractivity contribution in [1.29, 1.82) is 5.26 Å². The zero-order chi connectivity index (χ0) is 11.3. The highest BCUT2D eigenvalue weighted by Crippen LogP contribution is 2.22. The second-order valence-corrected chi connectivity index (χ2v) is 3.28. The van der Waals surface area contributed by atoms with E-state index in [9.17, 15) is 4.39 Å². The van der Waals surface area contributed by atoms with Gasteiger partial charge in [-0.2, -0.15) is 5.26 Å². The van der Waals surface area contributed by atoms with Gasteiger partial charge in [0.2, 0.25) is 0 Å². The van der Waals surface area contributed by atoms with Crippen molar-refractivity contribution in [1.82, 2.24) is 0 Å². The molecule has 0 amide bonds. The maximum absolute atomic E-state index is 12.6. The largest absolute Gasteiger partial charge is 0.489 e. The van der Waals surface area contributed by atoms with Gasteiger partial charge in [-0.1, -0.05) is 11.6 Å². The number of hydrogen-bond acceptors (Lipinski definition) is 3. The first-order valence-corrected chi connectivity index (χ1v) is 4.62. The molecule has 0 aliphatic rings. The van der Waals surface area contributed by atoms with Crippen molar-refractivity contribution in [3.8, 4) is 11.8 Å². The summed E-state index contributed by atoms with van der Waals surface area (Å²) in [6.07, 6.45) is -1.45. The number of nitrogens with zero attached hydrogens (tertiary/aromatic N) is 1. The summed E-state index contributed by atoms with van der Waals surface area (Å²) in [6.45, 7) is -0.887. The quantitative estimate of drug-likeness (QED) is 0.858. The van der Waals surface area contributed by atoms with E-state index in [-0.39, 0.29) is 17.9 Å². The minimum absolute atomic E-state index is 0.243. The van der Waals surface area contributed by atoms with Crippen LogP contribution in [0.1, 0.15) is 5.56 Å². The fourth-order valence-corrected chi connectivity index (χ4v) is 1.12. The van der Waals surface area contributed by atoms with Crippen molar-refractivity contribution in [2.24, 2.45) is 0 Å². The van der Waals surface area contributed by atoms with Crippen LogP contribution in [0.25, 0.3) is 0 Å². The van der Waals surface area contributed by atoms with Crippen molar-refractivity contribution in [3.05, 3.63) is 28.8 Å². The van der Waals surface area contributed by atoms with Gasteiger partial charge in [-0.25, -0.2) is 4.39 Å². The van der Waals surface area contributed by atoms with Gasteiger partial charge in [0, 0.05) is 5.02 Å². The smallest absolute Gasteiger partial charge is 0.157 e. The SMILES string of the molecule is N#Cc1cc(Cl)ccc1OC[C@@H](F)CO. The molecule has 15 heavy (non-hydrogen) atoms. The molecule has 0 aliphatic heterocycles. The second-order valence-electron chi connectivity index (χ2n) is 2.84. The normalized spacial score (nSPS) is 11.9. The van der Waals surface area contributed by atoms with Crippen LogP contribution in [0.4, 0.5) is 4.39 Å². The van der Waals surface area contributed by atoms with Gasteiger partial charge in [0.25, 0.3) is 0 Å². The highest BCUT2D eigenvalue weighted by Gasteiger charge is 2.08. The summed E-state index contributed by atoms with van der Waals surface area (Å²) < 4.78 is 17.7. The molecule has 1 N–H and O–H groups in total. The predicted octanol–water partition coefficient (Wildman–Crippen LogP) is 1.92. The Morgan fingerprint density at radius 1 is 1.60 bits per heavy atom. The second kappa shape index (κ2) is 5.54. The Morgan fingerprint density at radius 2 is 2.33 bits per heavy atom. The number of halogens is 2. The highest BCUT2D eigenvalue weighted by molar-refractivity contribution is 6.30. The number of rotatable bonds is 4. The summed E-state index contributed by atoms with van der Waals surface area (Å²) in [4.78, 5) is 0.